The maximum absolute atomic E-state index is 12.3. The van der Waals surface area contributed by atoms with Crippen molar-refractivity contribution in [2.75, 3.05) is 22.5 Å². The van der Waals surface area contributed by atoms with Crippen molar-refractivity contribution in [3.63, 3.8) is 0 Å². The van der Waals surface area contributed by atoms with Gasteiger partial charge in [0.1, 0.15) is 11.6 Å². The number of anilines is 3. The van der Waals surface area contributed by atoms with Crippen molar-refractivity contribution in [2.24, 2.45) is 0 Å². The highest BCUT2D eigenvalue weighted by Crippen LogP contribution is 2.18. The van der Waals surface area contributed by atoms with Crippen molar-refractivity contribution >= 4 is 40.0 Å². The molecule has 144 valence electrons. The summed E-state index contributed by atoms with van der Waals surface area (Å²) >= 11 is 0. The second-order valence-electron chi connectivity index (χ2n) is 6.47. The number of carbonyl (C=O) groups excluding carboxylic acids is 2. The molecule has 3 rings (SSSR count). The summed E-state index contributed by atoms with van der Waals surface area (Å²) in [4.78, 5) is 35.9. The van der Waals surface area contributed by atoms with Crippen LogP contribution in [0.25, 0.3) is 10.8 Å². The smallest absolute Gasteiger partial charge is 0.326 e. The number of aryl methyl sites for hydroxylation is 1. The fourth-order valence-corrected chi connectivity index (χ4v) is 2.70. The van der Waals surface area contributed by atoms with Gasteiger partial charge in [0, 0.05) is 48.2 Å². The Labute approximate surface area is 162 Å². The molecule has 3 aromatic rings. The Balaban J connectivity index is 1.61. The monoisotopic (exact) mass is 378 g/mol. The van der Waals surface area contributed by atoms with E-state index in [4.69, 9.17) is 0 Å². The van der Waals surface area contributed by atoms with Crippen molar-refractivity contribution in [1.82, 2.24) is 15.0 Å². The Hall–Kier alpha value is -3.55. The van der Waals surface area contributed by atoms with Gasteiger partial charge < -0.3 is 15.4 Å². The molecule has 0 aliphatic rings. The van der Waals surface area contributed by atoms with E-state index >= 15 is 0 Å². The first-order chi connectivity index (χ1) is 13.5. The molecule has 28 heavy (non-hydrogen) atoms. The molecule has 0 saturated carbocycles. The van der Waals surface area contributed by atoms with Crippen LogP contribution in [0, 0.1) is 6.92 Å². The zero-order valence-corrected chi connectivity index (χ0v) is 15.8. The lowest BCUT2D eigenvalue weighted by Crippen LogP contribution is -2.21. The number of nitrogens with zero attached hydrogens (tertiary/aromatic N) is 3. The average Bonchev–Trinajstić information content (AvgIpc) is 2.64. The molecule has 8 heteroatoms. The number of aromatic nitrogens is 3. The number of nitrogens with one attached hydrogen (secondary N) is 3. The van der Waals surface area contributed by atoms with Gasteiger partial charge >= 0.3 is 6.03 Å². The summed E-state index contributed by atoms with van der Waals surface area (Å²) in [7, 11) is 0. The Bertz CT molecular complexity index is 1000. The molecule has 2 amide bonds. The lowest BCUT2D eigenvalue weighted by Gasteiger charge is -2.10. The number of amides is 2. The largest absolute Gasteiger partial charge is 0.370 e. The molecule has 2 aromatic heterocycles. The number of fused-ring (bicyclic) bond motifs is 1. The van der Waals surface area contributed by atoms with E-state index in [1.807, 2.05) is 31.2 Å². The molecular weight excluding hydrogens is 356 g/mol. The molecule has 0 atom stereocenters. The van der Waals surface area contributed by atoms with Gasteiger partial charge in [-0.3, -0.25) is 10.3 Å². The minimum Gasteiger partial charge on any atom is -0.370 e. The van der Waals surface area contributed by atoms with Gasteiger partial charge in [0.2, 0.25) is 5.95 Å². The molecule has 2 heterocycles. The molecule has 8 nitrogen and oxygen atoms in total. The first kappa shape index (κ1) is 19.2. The van der Waals surface area contributed by atoms with Crippen LogP contribution in [-0.2, 0) is 4.79 Å². The third-order valence-electron chi connectivity index (χ3n) is 3.99. The van der Waals surface area contributed by atoms with Gasteiger partial charge in [0.15, 0.2) is 0 Å². The van der Waals surface area contributed by atoms with E-state index in [9.17, 15) is 9.59 Å². The first-order valence-corrected chi connectivity index (χ1v) is 9.00. The maximum atomic E-state index is 12.3. The van der Waals surface area contributed by atoms with Crippen molar-refractivity contribution in [3.8, 4) is 0 Å². The Morgan fingerprint density at radius 3 is 2.71 bits per heavy atom. The van der Waals surface area contributed by atoms with Gasteiger partial charge in [-0.25, -0.2) is 9.78 Å². The lowest BCUT2D eigenvalue weighted by atomic mass is 10.1. The standard InChI is InChI=1S/C20H22N6O2/c1-13-10-18(22-8-3-4-14(2)27)25-19(23-13)26-20(28)24-17-6-5-15-7-9-21-12-16(15)11-17/h5-7,9-12H,3-4,8H2,1-2H3,(H3,22,23,24,25,26,28). The SMILES string of the molecule is CC(=O)CCCNc1cc(C)nc(NC(=O)Nc2ccc3ccncc3c2)n1. The highest BCUT2D eigenvalue weighted by Gasteiger charge is 2.08. The quantitative estimate of drug-likeness (QED) is 0.540. The summed E-state index contributed by atoms with van der Waals surface area (Å²) in [6, 6.07) is 8.84. The van der Waals surface area contributed by atoms with Crippen LogP contribution < -0.4 is 16.0 Å². The van der Waals surface area contributed by atoms with E-state index in [1.165, 1.54) is 0 Å². The number of Topliss-reactive ketones (excluding diaryl/α,β-unsaturated/α-hetero) is 1. The highest BCUT2D eigenvalue weighted by atomic mass is 16.2. The number of carbonyl (C=O) groups is 2. The van der Waals surface area contributed by atoms with Gasteiger partial charge in [-0.15, -0.1) is 0 Å². The van der Waals surface area contributed by atoms with Crippen LogP contribution in [0.2, 0.25) is 0 Å². The second kappa shape index (κ2) is 8.90. The van der Waals surface area contributed by atoms with Crippen molar-refractivity contribution in [2.45, 2.75) is 26.7 Å². The summed E-state index contributed by atoms with van der Waals surface area (Å²) in [5, 5.41) is 10.5. The molecule has 0 spiro atoms. The summed E-state index contributed by atoms with van der Waals surface area (Å²) in [5.41, 5.74) is 1.37. The molecule has 0 aliphatic carbocycles. The number of rotatable bonds is 7. The number of pyridine rings is 1. The van der Waals surface area contributed by atoms with Crippen molar-refractivity contribution in [1.29, 1.82) is 0 Å². The molecule has 3 N–H and O–H groups in total. The van der Waals surface area contributed by atoms with Gasteiger partial charge in [-0.1, -0.05) is 6.07 Å². The fourth-order valence-electron chi connectivity index (χ4n) is 2.70. The molecule has 0 fully saturated rings. The molecule has 0 radical (unpaired) electrons. The van der Waals surface area contributed by atoms with Crippen LogP contribution in [0.4, 0.5) is 22.2 Å². The van der Waals surface area contributed by atoms with Crippen LogP contribution in [0.3, 0.4) is 0 Å². The van der Waals surface area contributed by atoms with E-state index in [0.717, 1.165) is 22.9 Å². The minimum atomic E-state index is -0.434. The Morgan fingerprint density at radius 1 is 1.04 bits per heavy atom. The predicted octanol–water partition coefficient (Wildman–Crippen LogP) is 3.76. The fraction of sp³-hybridized carbons (Fsp3) is 0.250. The second-order valence-corrected chi connectivity index (χ2v) is 6.47. The van der Waals surface area contributed by atoms with Crippen LogP contribution in [0.1, 0.15) is 25.5 Å². The Kier molecular flexibility index (Phi) is 6.11. The van der Waals surface area contributed by atoms with Gasteiger partial charge in [0.05, 0.1) is 0 Å². The first-order valence-electron chi connectivity index (χ1n) is 9.00. The lowest BCUT2D eigenvalue weighted by molar-refractivity contribution is -0.117. The normalized spacial score (nSPS) is 10.5. The van der Waals surface area contributed by atoms with Gasteiger partial charge in [0.25, 0.3) is 0 Å². The number of urea groups is 1. The van der Waals surface area contributed by atoms with Crippen molar-refractivity contribution < 1.29 is 9.59 Å². The van der Waals surface area contributed by atoms with E-state index in [1.54, 1.807) is 25.4 Å². The minimum absolute atomic E-state index is 0.157. The molecular formula is C20H22N6O2. The third-order valence-corrected chi connectivity index (χ3v) is 3.99. The molecule has 0 unspecified atom stereocenters. The molecule has 0 saturated heterocycles. The Morgan fingerprint density at radius 2 is 1.89 bits per heavy atom. The van der Waals surface area contributed by atoms with E-state index in [0.29, 0.717) is 24.5 Å². The maximum Gasteiger partial charge on any atom is 0.326 e. The van der Waals surface area contributed by atoms with E-state index < -0.39 is 6.03 Å². The van der Waals surface area contributed by atoms with Crippen molar-refractivity contribution in [3.05, 3.63) is 48.4 Å². The molecule has 1 aromatic carbocycles. The summed E-state index contributed by atoms with van der Waals surface area (Å²) in [5.74, 6) is 0.960. The molecule has 0 bridgehead atoms. The number of hydrogen-bond donors (Lipinski definition) is 3. The molecule has 0 aliphatic heterocycles. The average molecular weight is 378 g/mol. The van der Waals surface area contributed by atoms with Crippen LogP contribution in [-0.4, -0.2) is 33.3 Å². The van der Waals surface area contributed by atoms with Crippen LogP contribution in [0.15, 0.2) is 42.7 Å². The zero-order chi connectivity index (χ0) is 19.9. The number of hydrogen-bond acceptors (Lipinski definition) is 6. The third kappa shape index (κ3) is 5.47. The number of ketones is 1. The van der Waals surface area contributed by atoms with Crippen LogP contribution >= 0.6 is 0 Å². The van der Waals surface area contributed by atoms with Gasteiger partial charge in [-0.2, -0.15) is 4.98 Å². The zero-order valence-electron chi connectivity index (χ0n) is 15.8. The van der Waals surface area contributed by atoms with E-state index in [2.05, 4.69) is 30.9 Å². The summed E-state index contributed by atoms with van der Waals surface area (Å²) in [6.45, 7) is 4.01. The van der Waals surface area contributed by atoms with Gasteiger partial charge in [-0.05, 0) is 43.9 Å². The van der Waals surface area contributed by atoms with Crippen LogP contribution in [0.5, 0.6) is 0 Å². The predicted molar refractivity (Wildman–Crippen MR) is 110 cm³/mol. The topological polar surface area (TPSA) is 109 Å². The highest BCUT2D eigenvalue weighted by molar-refractivity contribution is 6.00. The van der Waals surface area contributed by atoms with E-state index in [-0.39, 0.29) is 11.7 Å². The summed E-state index contributed by atoms with van der Waals surface area (Å²) in [6.07, 6.45) is 4.71. The number of benzene rings is 1. The summed E-state index contributed by atoms with van der Waals surface area (Å²) < 4.78 is 0.